The zero-order chi connectivity index (χ0) is 16.1. The van der Waals surface area contributed by atoms with Crippen molar-refractivity contribution in [3.05, 3.63) is 46.5 Å². The Morgan fingerprint density at radius 3 is 2.91 bits per heavy atom. The van der Waals surface area contributed by atoms with Crippen molar-refractivity contribution in [1.29, 1.82) is 5.26 Å². The number of anilines is 1. The summed E-state index contributed by atoms with van der Waals surface area (Å²) in [5.74, 6) is -0.232. The molecule has 7 heteroatoms. The summed E-state index contributed by atoms with van der Waals surface area (Å²) in [6.07, 6.45) is 1.88. The van der Waals surface area contributed by atoms with Crippen molar-refractivity contribution in [3.63, 3.8) is 0 Å². The van der Waals surface area contributed by atoms with Gasteiger partial charge >= 0.3 is 0 Å². The first-order valence-electron chi connectivity index (χ1n) is 7.18. The number of amides is 1. The van der Waals surface area contributed by atoms with Crippen LogP contribution in [0.1, 0.15) is 16.0 Å². The Morgan fingerprint density at radius 2 is 2.22 bits per heavy atom. The Labute approximate surface area is 137 Å². The minimum absolute atomic E-state index is 0.232. The maximum absolute atomic E-state index is 12.0. The van der Waals surface area contributed by atoms with Gasteiger partial charge in [-0.15, -0.1) is 11.3 Å². The van der Waals surface area contributed by atoms with Crippen LogP contribution in [0.5, 0.6) is 0 Å². The topological polar surface area (TPSA) is 84.2 Å². The SMILES string of the molecule is N#Cc1ccc(Cc2cnc(NC(=O)C3COCCO3)s2)cc1. The number of thiazole rings is 1. The van der Waals surface area contributed by atoms with Crippen LogP contribution < -0.4 is 5.32 Å². The number of carbonyl (C=O) groups excluding carboxylic acids is 1. The van der Waals surface area contributed by atoms with Crippen LogP contribution in [0.3, 0.4) is 0 Å². The van der Waals surface area contributed by atoms with Crippen LogP contribution in [-0.4, -0.2) is 36.8 Å². The van der Waals surface area contributed by atoms with Gasteiger partial charge in [-0.05, 0) is 17.7 Å². The zero-order valence-corrected chi connectivity index (χ0v) is 13.1. The Kier molecular flexibility index (Phi) is 4.98. The number of ether oxygens (including phenoxy) is 2. The molecule has 1 fully saturated rings. The molecule has 1 saturated heterocycles. The van der Waals surface area contributed by atoms with E-state index in [1.165, 1.54) is 11.3 Å². The predicted octanol–water partition coefficient (Wildman–Crippen LogP) is 1.96. The van der Waals surface area contributed by atoms with Crippen molar-refractivity contribution in [3.8, 4) is 6.07 Å². The van der Waals surface area contributed by atoms with Gasteiger partial charge in [-0.1, -0.05) is 12.1 Å². The monoisotopic (exact) mass is 329 g/mol. The van der Waals surface area contributed by atoms with E-state index in [2.05, 4.69) is 16.4 Å². The van der Waals surface area contributed by atoms with Crippen molar-refractivity contribution in [2.24, 2.45) is 0 Å². The molecule has 1 aliphatic heterocycles. The maximum Gasteiger partial charge on any atom is 0.257 e. The fraction of sp³-hybridized carbons (Fsp3) is 0.312. The van der Waals surface area contributed by atoms with Gasteiger partial charge in [0.1, 0.15) is 0 Å². The number of rotatable bonds is 4. The molecular weight excluding hydrogens is 314 g/mol. The van der Waals surface area contributed by atoms with E-state index in [9.17, 15) is 4.79 Å². The summed E-state index contributed by atoms with van der Waals surface area (Å²) in [7, 11) is 0. The van der Waals surface area contributed by atoms with Crippen LogP contribution in [0.25, 0.3) is 0 Å². The Hall–Kier alpha value is -2.27. The standard InChI is InChI=1S/C16H15N3O3S/c17-8-12-3-1-11(2-4-12)7-13-9-18-16(23-13)19-15(20)14-10-21-5-6-22-14/h1-4,9,14H,5-7,10H2,(H,18,19,20). The molecule has 0 bridgehead atoms. The minimum Gasteiger partial charge on any atom is -0.376 e. The number of nitrogens with one attached hydrogen (secondary N) is 1. The van der Waals surface area contributed by atoms with Crippen LogP contribution in [-0.2, 0) is 20.7 Å². The molecule has 0 aliphatic carbocycles. The molecule has 0 radical (unpaired) electrons. The Bertz CT molecular complexity index is 715. The van der Waals surface area contributed by atoms with Crippen molar-refractivity contribution < 1.29 is 14.3 Å². The van der Waals surface area contributed by atoms with Crippen molar-refractivity contribution >= 4 is 22.4 Å². The molecule has 0 saturated carbocycles. The minimum atomic E-state index is -0.574. The summed E-state index contributed by atoms with van der Waals surface area (Å²) in [5, 5.41) is 12.1. The van der Waals surface area contributed by atoms with E-state index in [1.54, 1.807) is 18.3 Å². The quantitative estimate of drug-likeness (QED) is 0.927. The molecule has 1 aromatic heterocycles. The molecule has 118 valence electrons. The van der Waals surface area contributed by atoms with Gasteiger partial charge in [0.25, 0.3) is 5.91 Å². The summed E-state index contributed by atoms with van der Waals surface area (Å²) in [5.41, 5.74) is 1.73. The molecule has 23 heavy (non-hydrogen) atoms. The highest BCUT2D eigenvalue weighted by molar-refractivity contribution is 7.15. The molecule has 6 nitrogen and oxygen atoms in total. The first-order chi connectivity index (χ1) is 11.2. The second-order valence-corrected chi connectivity index (χ2v) is 6.16. The fourth-order valence-electron chi connectivity index (χ4n) is 2.17. The number of benzene rings is 1. The van der Waals surface area contributed by atoms with E-state index in [-0.39, 0.29) is 12.5 Å². The van der Waals surface area contributed by atoms with Crippen LogP contribution in [0.4, 0.5) is 5.13 Å². The van der Waals surface area contributed by atoms with E-state index < -0.39 is 6.10 Å². The average Bonchev–Trinajstić information content (AvgIpc) is 3.03. The third-order valence-corrected chi connectivity index (χ3v) is 4.27. The average molecular weight is 329 g/mol. The summed E-state index contributed by atoms with van der Waals surface area (Å²) >= 11 is 1.43. The molecule has 1 N–H and O–H groups in total. The summed E-state index contributed by atoms with van der Waals surface area (Å²) < 4.78 is 10.6. The second kappa shape index (κ2) is 7.33. The van der Waals surface area contributed by atoms with Crippen LogP contribution in [0.15, 0.2) is 30.5 Å². The van der Waals surface area contributed by atoms with Crippen LogP contribution >= 0.6 is 11.3 Å². The molecule has 2 heterocycles. The summed E-state index contributed by atoms with van der Waals surface area (Å²) in [6, 6.07) is 9.52. The molecule has 1 aliphatic rings. The van der Waals surface area contributed by atoms with Gasteiger partial charge in [-0.2, -0.15) is 5.26 Å². The number of nitrogens with zero attached hydrogens (tertiary/aromatic N) is 2. The van der Waals surface area contributed by atoms with Gasteiger partial charge in [-0.25, -0.2) is 4.98 Å². The second-order valence-electron chi connectivity index (χ2n) is 5.04. The van der Waals surface area contributed by atoms with Gasteiger partial charge in [0, 0.05) is 17.5 Å². The highest BCUT2D eigenvalue weighted by atomic mass is 32.1. The van der Waals surface area contributed by atoms with Crippen molar-refractivity contribution in [2.45, 2.75) is 12.5 Å². The lowest BCUT2D eigenvalue weighted by atomic mass is 10.1. The van der Waals surface area contributed by atoms with Crippen LogP contribution in [0.2, 0.25) is 0 Å². The van der Waals surface area contributed by atoms with E-state index in [1.807, 2.05) is 12.1 Å². The molecule has 1 unspecified atom stereocenters. The van der Waals surface area contributed by atoms with Gasteiger partial charge in [0.2, 0.25) is 0 Å². The van der Waals surface area contributed by atoms with Crippen molar-refractivity contribution in [2.75, 3.05) is 25.1 Å². The Morgan fingerprint density at radius 1 is 1.39 bits per heavy atom. The highest BCUT2D eigenvalue weighted by Crippen LogP contribution is 2.22. The number of hydrogen-bond acceptors (Lipinski definition) is 6. The van der Waals surface area contributed by atoms with Crippen LogP contribution in [0, 0.1) is 11.3 Å². The largest absolute Gasteiger partial charge is 0.376 e. The Balaban J connectivity index is 1.59. The normalized spacial score (nSPS) is 17.4. The van der Waals surface area contributed by atoms with Crippen molar-refractivity contribution in [1.82, 2.24) is 4.98 Å². The molecule has 0 spiro atoms. The number of carbonyl (C=O) groups is 1. The predicted molar refractivity (Wildman–Crippen MR) is 85.3 cm³/mol. The van der Waals surface area contributed by atoms with Gasteiger partial charge in [0.15, 0.2) is 11.2 Å². The third kappa shape index (κ3) is 4.13. The molecule has 1 amide bonds. The third-order valence-electron chi connectivity index (χ3n) is 3.35. The first-order valence-corrected chi connectivity index (χ1v) is 8.00. The molecular formula is C16H15N3O3S. The first kappa shape index (κ1) is 15.6. The lowest BCUT2D eigenvalue weighted by Crippen LogP contribution is -2.39. The van der Waals surface area contributed by atoms with Gasteiger partial charge < -0.3 is 9.47 Å². The van der Waals surface area contributed by atoms with E-state index in [0.29, 0.717) is 30.3 Å². The van der Waals surface area contributed by atoms with E-state index in [4.69, 9.17) is 14.7 Å². The summed E-state index contributed by atoms with van der Waals surface area (Å²) in [6.45, 7) is 1.23. The molecule has 1 atom stereocenters. The number of nitriles is 1. The number of aromatic nitrogens is 1. The molecule has 1 aromatic carbocycles. The number of hydrogen-bond donors (Lipinski definition) is 1. The lowest BCUT2D eigenvalue weighted by Gasteiger charge is -2.21. The van der Waals surface area contributed by atoms with Gasteiger partial charge in [-0.3, -0.25) is 10.1 Å². The smallest absolute Gasteiger partial charge is 0.257 e. The molecule has 3 rings (SSSR count). The highest BCUT2D eigenvalue weighted by Gasteiger charge is 2.23. The maximum atomic E-state index is 12.0. The zero-order valence-electron chi connectivity index (χ0n) is 12.3. The summed E-state index contributed by atoms with van der Waals surface area (Å²) in [4.78, 5) is 17.3. The fourth-order valence-corrected chi connectivity index (χ4v) is 3.02. The van der Waals surface area contributed by atoms with Gasteiger partial charge in [0.05, 0.1) is 31.5 Å². The lowest BCUT2D eigenvalue weighted by molar-refractivity contribution is -0.142. The molecule has 2 aromatic rings. The van der Waals surface area contributed by atoms with E-state index >= 15 is 0 Å². The van der Waals surface area contributed by atoms with E-state index in [0.717, 1.165) is 10.4 Å².